The fraction of sp³-hybridized carbons (Fsp3) is 0.167. The normalized spacial score (nSPS) is 9.00. The Morgan fingerprint density at radius 2 is 2.25 bits per heavy atom. The highest BCUT2D eigenvalue weighted by Crippen LogP contribution is 2.18. The van der Waals surface area contributed by atoms with Crippen LogP contribution < -0.4 is 0 Å². The molecule has 0 bridgehead atoms. The highest BCUT2D eigenvalue weighted by Gasteiger charge is 2.07. The Morgan fingerprint density at radius 1 is 1.50 bits per heavy atom. The molecule has 0 aromatic heterocycles. The average Bonchev–Trinajstić information content (AvgIpc) is 2.29. The topological polar surface area (TPSA) is 55.7 Å². The van der Waals surface area contributed by atoms with Crippen LogP contribution in [0.3, 0.4) is 0 Å². The summed E-state index contributed by atoms with van der Waals surface area (Å²) in [5, 5.41) is 0. The molecular weight excluding hydrogens is 206 g/mol. The van der Waals surface area contributed by atoms with Gasteiger partial charge in [-0.05, 0) is 11.6 Å². The van der Waals surface area contributed by atoms with Gasteiger partial charge in [-0.1, -0.05) is 30.9 Å². The fourth-order valence-corrected chi connectivity index (χ4v) is 1.18. The van der Waals surface area contributed by atoms with Gasteiger partial charge in [0, 0.05) is 0 Å². The van der Waals surface area contributed by atoms with Crippen LogP contribution in [-0.2, 0) is 20.7 Å². The molecule has 1 rings (SSSR count). The molecular formula is C12H11NO3. The first-order chi connectivity index (χ1) is 7.77. The number of nitrogens with zero attached hydrogens (tertiary/aromatic N) is 1. The van der Waals surface area contributed by atoms with Crippen molar-refractivity contribution in [2.24, 2.45) is 4.99 Å². The Kier molecular flexibility index (Phi) is 4.70. The quantitative estimate of drug-likeness (QED) is 0.327. The van der Waals surface area contributed by atoms with Crippen LogP contribution in [0.2, 0.25) is 0 Å². The van der Waals surface area contributed by atoms with Gasteiger partial charge in [0.25, 0.3) is 0 Å². The molecule has 0 spiro atoms. The minimum atomic E-state index is -0.381. The summed E-state index contributed by atoms with van der Waals surface area (Å²) in [5.74, 6) is -0.381. The number of carbonyl (C=O) groups is 1. The fourth-order valence-electron chi connectivity index (χ4n) is 1.18. The number of carbonyl (C=O) groups excluding carboxylic acids is 2. The number of aliphatic imine (C=N–C) groups is 1. The second-order valence-corrected chi connectivity index (χ2v) is 2.98. The molecule has 4 nitrogen and oxygen atoms in total. The molecule has 0 aliphatic carbocycles. The van der Waals surface area contributed by atoms with Gasteiger partial charge in [0.05, 0.1) is 12.1 Å². The summed E-state index contributed by atoms with van der Waals surface area (Å²) in [6.07, 6.45) is 3.02. The number of hydrogen-bond acceptors (Lipinski definition) is 4. The molecule has 0 heterocycles. The van der Waals surface area contributed by atoms with E-state index in [9.17, 15) is 9.59 Å². The van der Waals surface area contributed by atoms with Crippen molar-refractivity contribution in [3.05, 3.63) is 42.5 Å². The summed E-state index contributed by atoms with van der Waals surface area (Å²) >= 11 is 0. The third kappa shape index (κ3) is 3.52. The van der Waals surface area contributed by atoms with Crippen LogP contribution in [0.1, 0.15) is 5.56 Å². The number of esters is 1. The molecule has 1 aromatic carbocycles. The molecule has 82 valence electrons. The van der Waals surface area contributed by atoms with Crippen LogP contribution in [-0.4, -0.2) is 18.7 Å². The molecule has 4 heteroatoms. The van der Waals surface area contributed by atoms with Gasteiger partial charge in [0.2, 0.25) is 6.08 Å². The summed E-state index contributed by atoms with van der Waals surface area (Å²) in [4.78, 5) is 25.0. The first-order valence-corrected chi connectivity index (χ1v) is 4.70. The number of isocyanates is 1. The maximum atomic E-state index is 11.3. The van der Waals surface area contributed by atoms with Crippen LogP contribution in [0.15, 0.2) is 41.9 Å². The van der Waals surface area contributed by atoms with E-state index >= 15 is 0 Å². The number of hydrogen-bond donors (Lipinski definition) is 0. The third-order valence-corrected chi connectivity index (χ3v) is 1.85. The van der Waals surface area contributed by atoms with E-state index in [1.165, 1.54) is 12.2 Å². The second-order valence-electron chi connectivity index (χ2n) is 2.98. The molecule has 0 amide bonds. The lowest BCUT2D eigenvalue weighted by atomic mass is 10.1. The average molecular weight is 217 g/mol. The molecule has 16 heavy (non-hydrogen) atoms. The summed E-state index contributed by atoms with van der Waals surface area (Å²) in [7, 11) is 0. The zero-order chi connectivity index (χ0) is 11.8. The first kappa shape index (κ1) is 11.9. The Balaban J connectivity index is 2.76. The van der Waals surface area contributed by atoms with Crippen LogP contribution in [0.4, 0.5) is 5.69 Å². The lowest BCUT2D eigenvalue weighted by Crippen LogP contribution is -2.07. The third-order valence-electron chi connectivity index (χ3n) is 1.85. The minimum Gasteiger partial charge on any atom is -0.461 e. The molecule has 0 saturated heterocycles. The number of benzene rings is 1. The van der Waals surface area contributed by atoms with Gasteiger partial charge in [-0.25, -0.2) is 4.79 Å². The Bertz CT molecular complexity index is 434. The van der Waals surface area contributed by atoms with Crippen molar-refractivity contribution in [1.82, 2.24) is 0 Å². The summed E-state index contributed by atoms with van der Waals surface area (Å²) in [6, 6.07) is 6.85. The SMILES string of the molecule is C=CCOC(=O)Cc1ccccc1N=C=O. The van der Waals surface area contributed by atoms with Crippen LogP contribution in [0.25, 0.3) is 0 Å². The lowest BCUT2D eigenvalue weighted by Gasteiger charge is -2.03. The van der Waals surface area contributed by atoms with Crippen molar-refractivity contribution >= 4 is 17.7 Å². The molecule has 0 fully saturated rings. The molecule has 0 aliphatic heterocycles. The van der Waals surface area contributed by atoms with Crippen molar-refractivity contribution < 1.29 is 14.3 Å². The van der Waals surface area contributed by atoms with Crippen LogP contribution in [0.5, 0.6) is 0 Å². The zero-order valence-electron chi connectivity index (χ0n) is 8.68. The molecule has 0 radical (unpaired) electrons. The number of para-hydroxylation sites is 1. The van der Waals surface area contributed by atoms with Gasteiger partial charge in [-0.15, -0.1) is 0 Å². The summed E-state index contributed by atoms with van der Waals surface area (Å²) < 4.78 is 4.83. The molecule has 0 unspecified atom stereocenters. The van der Waals surface area contributed by atoms with E-state index in [0.717, 1.165) is 0 Å². The largest absolute Gasteiger partial charge is 0.461 e. The number of rotatable bonds is 5. The highest BCUT2D eigenvalue weighted by molar-refractivity contribution is 5.75. The maximum absolute atomic E-state index is 11.3. The van der Waals surface area contributed by atoms with Crippen LogP contribution in [0, 0.1) is 0 Å². The van der Waals surface area contributed by atoms with E-state index < -0.39 is 0 Å². The smallest absolute Gasteiger partial charge is 0.310 e. The lowest BCUT2D eigenvalue weighted by molar-refractivity contribution is -0.141. The Morgan fingerprint density at radius 3 is 2.94 bits per heavy atom. The van der Waals surface area contributed by atoms with Gasteiger partial charge in [-0.2, -0.15) is 4.99 Å². The number of ether oxygens (including phenoxy) is 1. The summed E-state index contributed by atoms with van der Waals surface area (Å²) in [6.45, 7) is 3.62. The van der Waals surface area contributed by atoms with E-state index in [1.54, 1.807) is 24.3 Å². The molecule has 0 N–H and O–H groups in total. The monoisotopic (exact) mass is 217 g/mol. The second kappa shape index (κ2) is 6.32. The highest BCUT2D eigenvalue weighted by atomic mass is 16.5. The van der Waals surface area contributed by atoms with Crippen molar-refractivity contribution in [2.75, 3.05) is 6.61 Å². The molecule has 0 saturated carbocycles. The summed E-state index contributed by atoms with van der Waals surface area (Å²) in [5.41, 5.74) is 1.08. The molecule has 0 aliphatic rings. The first-order valence-electron chi connectivity index (χ1n) is 4.70. The maximum Gasteiger partial charge on any atom is 0.310 e. The van der Waals surface area contributed by atoms with Gasteiger partial charge in [-0.3, -0.25) is 4.79 Å². The van der Waals surface area contributed by atoms with E-state index in [0.29, 0.717) is 11.3 Å². The van der Waals surface area contributed by atoms with E-state index in [4.69, 9.17) is 4.74 Å². The predicted molar refractivity (Wildman–Crippen MR) is 59.1 cm³/mol. The van der Waals surface area contributed by atoms with Gasteiger partial charge >= 0.3 is 5.97 Å². The standard InChI is InChI=1S/C12H11NO3/c1-2-7-16-12(15)8-10-5-3-4-6-11(10)13-9-14/h2-6H,1,7-8H2. The van der Waals surface area contributed by atoms with Crippen molar-refractivity contribution in [3.8, 4) is 0 Å². The van der Waals surface area contributed by atoms with Gasteiger partial charge in [0.15, 0.2) is 0 Å². The van der Waals surface area contributed by atoms with Gasteiger partial charge < -0.3 is 4.74 Å². The van der Waals surface area contributed by atoms with Crippen molar-refractivity contribution in [2.45, 2.75) is 6.42 Å². The van der Waals surface area contributed by atoms with Crippen molar-refractivity contribution in [3.63, 3.8) is 0 Å². The van der Waals surface area contributed by atoms with E-state index in [1.807, 2.05) is 0 Å². The Hall–Kier alpha value is -2.19. The minimum absolute atomic E-state index is 0.0786. The molecule has 0 atom stereocenters. The molecule has 1 aromatic rings. The zero-order valence-corrected chi connectivity index (χ0v) is 8.68. The van der Waals surface area contributed by atoms with E-state index in [-0.39, 0.29) is 19.0 Å². The van der Waals surface area contributed by atoms with Gasteiger partial charge in [0.1, 0.15) is 6.61 Å². The van der Waals surface area contributed by atoms with Crippen LogP contribution >= 0.6 is 0 Å². The van der Waals surface area contributed by atoms with Crippen molar-refractivity contribution in [1.29, 1.82) is 0 Å². The Labute approximate surface area is 93.3 Å². The predicted octanol–water partition coefficient (Wildman–Crippen LogP) is 1.93. The van der Waals surface area contributed by atoms with E-state index in [2.05, 4.69) is 11.6 Å².